The standard InChI is InChI=1S/C12H8BrClF3N3O2/c1-4-5(2)11(22)20(10(4)21)19-9-7(13)3-6(8(14)18-9)12(15,16)17/h3H,1-2H3,(H,18,19). The van der Waals surface area contributed by atoms with E-state index in [1.54, 1.807) is 0 Å². The van der Waals surface area contributed by atoms with Crippen molar-refractivity contribution in [2.75, 3.05) is 5.43 Å². The quantitative estimate of drug-likeness (QED) is 0.611. The van der Waals surface area contributed by atoms with Gasteiger partial charge in [0.25, 0.3) is 11.8 Å². The van der Waals surface area contributed by atoms with Crippen LogP contribution in [0.4, 0.5) is 19.0 Å². The number of pyridine rings is 1. The summed E-state index contributed by atoms with van der Waals surface area (Å²) >= 11 is 8.42. The summed E-state index contributed by atoms with van der Waals surface area (Å²) in [5.74, 6) is -1.39. The number of nitrogens with one attached hydrogen (secondary N) is 1. The molecule has 1 aliphatic heterocycles. The van der Waals surface area contributed by atoms with Gasteiger partial charge in [0.2, 0.25) is 0 Å². The number of rotatable bonds is 2. The molecule has 1 aromatic heterocycles. The van der Waals surface area contributed by atoms with Gasteiger partial charge in [0, 0.05) is 11.1 Å². The summed E-state index contributed by atoms with van der Waals surface area (Å²) in [6.07, 6.45) is -4.67. The molecule has 0 spiro atoms. The number of aromatic nitrogens is 1. The number of alkyl halides is 3. The van der Waals surface area contributed by atoms with Gasteiger partial charge in [0.1, 0.15) is 5.15 Å². The molecule has 0 radical (unpaired) electrons. The molecular weight excluding hydrogens is 391 g/mol. The molecule has 0 aliphatic carbocycles. The van der Waals surface area contributed by atoms with Crippen LogP contribution in [0.5, 0.6) is 0 Å². The first-order chi connectivity index (χ1) is 10.0. The Morgan fingerprint density at radius 3 is 2.18 bits per heavy atom. The maximum Gasteiger partial charge on any atom is 0.419 e. The molecular formula is C12H8BrClF3N3O2. The number of anilines is 1. The van der Waals surface area contributed by atoms with Crippen LogP contribution < -0.4 is 5.43 Å². The predicted molar refractivity (Wildman–Crippen MR) is 75.8 cm³/mol. The molecule has 22 heavy (non-hydrogen) atoms. The zero-order chi connectivity index (χ0) is 16.8. The lowest BCUT2D eigenvalue weighted by Crippen LogP contribution is -2.37. The zero-order valence-electron chi connectivity index (χ0n) is 11.2. The smallest absolute Gasteiger partial charge is 0.270 e. The summed E-state index contributed by atoms with van der Waals surface area (Å²) in [6.45, 7) is 2.94. The van der Waals surface area contributed by atoms with Gasteiger partial charge in [-0.15, -0.1) is 0 Å². The summed E-state index contributed by atoms with van der Waals surface area (Å²) < 4.78 is 38.0. The van der Waals surface area contributed by atoms with Crippen LogP contribution in [0.1, 0.15) is 19.4 Å². The van der Waals surface area contributed by atoms with Crippen LogP contribution in [0.2, 0.25) is 5.15 Å². The fourth-order valence-corrected chi connectivity index (χ4v) is 2.35. The Bertz CT molecular complexity index is 694. The van der Waals surface area contributed by atoms with Crippen molar-refractivity contribution >= 4 is 45.2 Å². The van der Waals surface area contributed by atoms with Crippen LogP contribution in [-0.2, 0) is 15.8 Å². The summed E-state index contributed by atoms with van der Waals surface area (Å²) in [5, 5.41) is -0.125. The molecule has 0 unspecified atom stereocenters. The minimum Gasteiger partial charge on any atom is -0.270 e. The topological polar surface area (TPSA) is 62.3 Å². The third-order valence-electron chi connectivity index (χ3n) is 3.06. The normalized spacial score (nSPS) is 15.9. The second kappa shape index (κ2) is 5.54. The molecule has 1 N–H and O–H groups in total. The van der Waals surface area contributed by atoms with Crippen LogP contribution in [-0.4, -0.2) is 21.8 Å². The average molecular weight is 399 g/mol. The fourth-order valence-electron chi connectivity index (χ4n) is 1.70. The predicted octanol–water partition coefficient (Wildman–Crippen LogP) is 3.55. The van der Waals surface area contributed by atoms with Crippen LogP contribution in [0, 0.1) is 0 Å². The first kappa shape index (κ1) is 16.8. The van der Waals surface area contributed by atoms with Crippen LogP contribution in [0.15, 0.2) is 21.7 Å². The Balaban J connectivity index is 2.35. The number of imide groups is 1. The van der Waals surface area contributed by atoms with Crippen molar-refractivity contribution < 1.29 is 22.8 Å². The molecule has 2 rings (SSSR count). The summed E-state index contributed by atoms with van der Waals surface area (Å²) in [7, 11) is 0. The SMILES string of the molecule is CC1=C(C)C(=O)N(Nc2nc(Cl)c(C(F)(F)F)cc2Br)C1=O. The maximum absolute atomic E-state index is 12.7. The molecule has 1 aliphatic rings. The number of hydrogen-bond donors (Lipinski definition) is 1. The molecule has 0 saturated heterocycles. The van der Waals surface area contributed by atoms with E-state index >= 15 is 0 Å². The van der Waals surface area contributed by atoms with Crippen LogP contribution >= 0.6 is 27.5 Å². The molecule has 2 heterocycles. The first-order valence-electron chi connectivity index (χ1n) is 5.80. The van der Waals surface area contributed by atoms with Gasteiger partial charge < -0.3 is 0 Å². The van der Waals surface area contributed by atoms with E-state index in [1.807, 2.05) is 0 Å². The van der Waals surface area contributed by atoms with Gasteiger partial charge in [0.15, 0.2) is 5.82 Å². The van der Waals surface area contributed by atoms with Crippen LogP contribution in [0.25, 0.3) is 0 Å². The summed E-state index contributed by atoms with van der Waals surface area (Å²) in [4.78, 5) is 27.3. The number of halogens is 5. The first-order valence-corrected chi connectivity index (χ1v) is 6.97. The molecule has 0 atom stereocenters. The lowest BCUT2D eigenvalue weighted by Gasteiger charge is -2.18. The fraction of sp³-hybridized carbons (Fsp3) is 0.250. The lowest BCUT2D eigenvalue weighted by molar-refractivity contribution is -0.138. The molecule has 1 aromatic rings. The van der Waals surface area contributed by atoms with Crippen molar-refractivity contribution in [3.63, 3.8) is 0 Å². The molecule has 0 saturated carbocycles. The van der Waals surface area contributed by atoms with Crippen molar-refractivity contribution in [1.82, 2.24) is 9.99 Å². The van der Waals surface area contributed by atoms with Crippen molar-refractivity contribution in [1.29, 1.82) is 0 Å². The van der Waals surface area contributed by atoms with E-state index in [1.165, 1.54) is 13.8 Å². The number of amides is 2. The largest absolute Gasteiger partial charge is 0.419 e. The van der Waals surface area contributed by atoms with Crippen molar-refractivity contribution in [2.24, 2.45) is 0 Å². The second-order valence-electron chi connectivity index (χ2n) is 4.46. The highest BCUT2D eigenvalue weighted by Gasteiger charge is 2.37. The summed E-state index contributed by atoms with van der Waals surface area (Å²) in [6, 6.07) is 0.718. The molecule has 5 nitrogen and oxygen atoms in total. The molecule has 2 amide bonds. The number of hydrazine groups is 1. The monoisotopic (exact) mass is 397 g/mol. The van der Waals surface area contributed by atoms with Crippen molar-refractivity contribution in [3.8, 4) is 0 Å². The van der Waals surface area contributed by atoms with Gasteiger partial charge >= 0.3 is 6.18 Å². The van der Waals surface area contributed by atoms with E-state index in [9.17, 15) is 22.8 Å². The Labute approximate surface area is 136 Å². The number of hydrogen-bond acceptors (Lipinski definition) is 4. The summed E-state index contributed by atoms with van der Waals surface area (Å²) in [5.41, 5.74) is 1.73. The third kappa shape index (κ3) is 2.82. The van der Waals surface area contributed by atoms with Gasteiger partial charge in [0.05, 0.1) is 10.0 Å². The highest BCUT2D eigenvalue weighted by Crippen LogP contribution is 2.37. The van der Waals surface area contributed by atoms with E-state index < -0.39 is 28.7 Å². The van der Waals surface area contributed by atoms with Gasteiger partial charge in [-0.2, -0.15) is 18.2 Å². The van der Waals surface area contributed by atoms with E-state index in [0.717, 1.165) is 6.07 Å². The third-order valence-corrected chi connectivity index (χ3v) is 3.96. The van der Waals surface area contributed by atoms with Gasteiger partial charge in [-0.05, 0) is 35.8 Å². The van der Waals surface area contributed by atoms with Gasteiger partial charge in [-0.1, -0.05) is 11.6 Å². The Kier molecular flexibility index (Phi) is 4.22. The van der Waals surface area contributed by atoms with Gasteiger partial charge in [-0.3, -0.25) is 15.0 Å². The minimum absolute atomic E-state index is 0.0907. The van der Waals surface area contributed by atoms with Crippen molar-refractivity contribution in [3.05, 3.63) is 32.4 Å². The second-order valence-corrected chi connectivity index (χ2v) is 5.67. The number of carbonyl (C=O) groups excluding carboxylic acids is 2. The number of nitrogens with zero attached hydrogens (tertiary/aromatic N) is 2. The average Bonchev–Trinajstić information content (AvgIpc) is 2.59. The van der Waals surface area contributed by atoms with Crippen LogP contribution in [0.3, 0.4) is 0 Å². The maximum atomic E-state index is 12.7. The Hall–Kier alpha value is -1.61. The highest BCUT2D eigenvalue weighted by atomic mass is 79.9. The Morgan fingerprint density at radius 2 is 1.73 bits per heavy atom. The van der Waals surface area contributed by atoms with E-state index in [-0.39, 0.29) is 21.4 Å². The highest BCUT2D eigenvalue weighted by molar-refractivity contribution is 9.10. The van der Waals surface area contributed by atoms with E-state index in [0.29, 0.717) is 5.01 Å². The molecule has 118 valence electrons. The molecule has 0 bridgehead atoms. The van der Waals surface area contributed by atoms with Gasteiger partial charge in [-0.25, -0.2) is 4.98 Å². The van der Waals surface area contributed by atoms with E-state index in [4.69, 9.17) is 11.6 Å². The molecule has 0 aromatic carbocycles. The molecule has 10 heteroatoms. The minimum atomic E-state index is -4.67. The van der Waals surface area contributed by atoms with E-state index in [2.05, 4.69) is 26.3 Å². The molecule has 0 fully saturated rings. The lowest BCUT2D eigenvalue weighted by atomic mass is 10.2. The van der Waals surface area contributed by atoms with Crippen molar-refractivity contribution in [2.45, 2.75) is 20.0 Å². The zero-order valence-corrected chi connectivity index (χ0v) is 13.5. The Morgan fingerprint density at radius 1 is 1.23 bits per heavy atom. The number of carbonyl (C=O) groups is 2.